The molecule has 1 fully saturated rings. The summed E-state index contributed by atoms with van der Waals surface area (Å²) in [7, 11) is 0. The minimum Gasteiger partial charge on any atom is -0.490 e. The van der Waals surface area contributed by atoms with E-state index in [0.717, 1.165) is 0 Å². The van der Waals surface area contributed by atoms with Gasteiger partial charge in [-0.1, -0.05) is 15.9 Å². The van der Waals surface area contributed by atoms with Crippen molar-refractivity contribution in [3.63, 3.8) is 0 Å². The zero-order valence-electron chi connectivity index (χ0n) is 17.4. The van der Waals surface area contributed by atoms with Crippen molar-refractivity contribution in [2.75, 3.05) is 13.1 Å². The van der Waals surface area contributed by atoms with Gasteiger partial charge in [-0.15, -0.1) is 0 Å². The highest BCUT2D eigenvalue weighted by atomic mass is 79.9. The van der Waals surface area contributed by atoms with Crippen LogP contribution in [0.25, 0.3) is 0 Å². The Morgan fingerprint density at radius 2 is 2.00 bits per heavy atom. The minimum absolute atomic E-state index is 0.0627. The van der Waals surface area contributed by atoms with Crippen molar-refractivity contribution in [3.05, 3.63) is 28.2 Å². The molecule has 10 heteroatoms. The predicted molar refractivity (Wildman–Crippen MR) is 119 cm³/mol. The summed E-state index contributed by atoms with van der Waals surface area (Å²) in [5.41, 5.74) is 0.303. The zero-order valence-corrected chi connectivity index (χ0v) is 19.8. The predicted octanol–water partition coefficient (Wildman–Crippen LogP) is 2.39. The van der Waals surface area contributed by atoms with Crippen LogP contribution in [-0.4, -0.2) is 59.1 Å². The van der Waals surface area contributed by atoms with E-state index in [1.165, 1.54) is 4.90 Å². The summed E-state index contributed by atoms with van der Waals surface area (Å²) in [6, 6.07) is 4.25. The van der Waals surface area contributed by atoms with Crippen molar-refractivity contribution in [1.82, 2.24) is 15.5 Å². The average Bonchev–Trinajstić information content (AvgIpc) is 2.63. The number of carbonyl (C=O) groups is 3. The lowest BCUT2D eigenvalue weighted by Crippen LogP contribution is -2.60. The van der Waals surface area contributed by atoms with E-state index in [2.05, 4.69) is 26.6 Å². The molecular weight excluding hydrogens is 474 g/mol. The molecule has 1 heterocycles. The number of halogens is 1. The van der Waals surface area contributed by atoms with Crippen molar-refractivity contribution < 1.29 is 23.9 Å². The van der Waals surface area contributed by atoms with Crippen LogP contribution in [-0.2, 0) is 14.3 Å². The molecule has 1 aromatic rings. The Balaban J connectivity index is 2.16. The number of rotatable bonds is 6. The number of hydrogen-bond acceptors (Lipinski definition) is 6. The number of nitrogens with zero attached hydrogens (tertiary/aromatic N) is 1. The maximum Gasteiger partial charge on any atom is 0.308 e. The Labute approximate surface area is 189 Å². The monoisotopic (exact) mass is 499 g/mol. The van der Waals surface area contributed by atoms with Crippen LogP contribution in [0.1, 0.15) is 44.5 Å². The largest absolute Gasteiger partial charge is 0.490 e. The first-order chi connectivity index (χ1) is 14.1. The molecule has 0 spiro atoms. The molecule has 2 amide bonds. The topological polar surface area (TPSA) is 97.0 Å². The Bertz CT molecular complexity index is 831. The first-order valence-electron chi connectivity index (χ1n) is 9.63. The lowest BCUT2D eigenvalue weighted by molar-refractivity contribution is -0.150. The van der Waals surface area contributed by atoms with Gasteiger partial charge in [-0.2, -0.15) is 0 Å². The number of carbonyl (C=O) groups excluding carboxylic acids is 3. The Morgan fingerprint density at radius 1 is 1.30 bits per heavy atom. The molecule has 0 aliphatic carbocycles. The maximum atomic E-state index is 12.9. The summed E-state index contributed by atoms with van der Waals surface area (Å²) in [4.78, 5) is 38.9. The van der Waals surface area contributed by atoms with Crippen LogP contribution in [0.3, 0.4) is 0 Å². The van der Waals surface area contributed by atoms with Crippen LogP contribution in [0, 0.1) is 0 Å². The molecule has 1 unspecified atom stereocenters. The Hall–Kier alpha value is -2.20. The summed E-state index contributed by atoms with van der Waals surface area (Å²) in [6.07, 6.45) is -0.578. The first-order valence-corrected chi connectivity index (χ1v) is 10.8. The van der Waals surface area contributed by atoms with Gasteiger partial charge in [-0.25, -0.2) is 0 Å². The van der Waals surface area contributed by atoms with Gasteiger partial charge in [0.05, 0.1) is 24.2 Å². The van der Waals surface area contributed by atoms with Gasteiger partial charge in [-0.3, -0.25) is 19.7 Å². The van der Waals surface area contributed by atoms with E-state index in [-0.39, 0.29) is 29.6 Å². The molecule has 1 saturated heterocycles. The Morgan fingerprint density at radius 3 is 2.63 bits per heavy atom. The number of amides is 2. The van der Waals surface area contributed by atoms with E-state index < -0.39 is 17.9 Å². The van der Waals surface area contributed by atoms with E-state index in [9.17, 15) is 14.4 Å². The third-order valence-corrected chi connectivity index (χ3v) is 4.92. The van der Waals surface area contributed by atoms with Gasteiger partial charge < -0.3 is 19.7 Å². The second-order valence-corrected chi connectivity index (χ2v) is 8.61. The number of esters is 1. The first kappa shape index (κ1) is 24.1. The van der Waals surface area contributed by atoms with Crippen LogP contribution in [0.4, 0.5) is 0 Å². The average molecular weight is 500 g/mol. The molecule has 164 valence electrons. The van der Waals surface area contributed by atoms with Gasteiger partial charge in [0.15, 0.2) is 5.11 Å². The molecule has 1 atom stereocenters. The van der Waals surface area contributed by atoms with E-state index in [1.54, 1.807) is 32.0 Å². The molecule has 1 aliphatic heterocycles. The number of nitrogens with one attached hydrogen (secondary N) is 2. The number of ether oxygens (including phenoxy) is 2. The van der Waals surface area contributed by atoms with Gasteiger partial charge in [-0.05, 0) is 58.1 Å². The van der Waals surface area contributed by atoms with Crippen molar-refractivity contribution in [2.24, 2.45) is 0 Å². The molecule has 30 heavy (non-hydrogen) atoms. The standard InChI is InChI=1S/C20H26BrN3O5S/c1-11(2)28-16-6-5-13(21)9-14(16)18(26)23-20(30)24-8-7-22-19(27)15(24)10-17(25)29-12(3)4/h5-6,9,11-12,15H,7-8,10H2,1-4H3,(H,22,27)(H,23,26,30). The molecule has 2 rings (SSSR count). The van der Waals surface area contributed by atoms with Crippen LogP contribution in [0.5, 0.6) is 5.75 Å². The summed E-state index contributed by atoms with van der Waals surface area (Å²) in [6.45, 7) is 7.90. The minimum atomic E-state index is -0.855. The summed E-state index contributed by atoms with van der Waals surface area (Å²) in [5, 5.41) is 5.43. The van der Waals surface area contributed by atoms with E-state index in [0.29, 0.717) is 28.9 Å². The van der Waals surface area contributed by atoms with Crippen molar-refractivity contribution >= 4 is 51.0 Å². The van der Waals surface area contributed by atoms with Gasteiger partial charge in [0.1, 0.15) is 11.8 Å². The van der Waals surface area contributed by atoms with Gasteiger partial charge in [0.25, 0.3) is 5.91 Å². The van der Waals surface area contributed by atoms with Crippen molar-refractivity contribution in [3.8, 4) is 5.75 Å². The van der Waals surface area contributed by atoms with Crippen molar-refractivity contribution in [1.29, 1.82) is 0 Å². The normalized spacial score (nSPS) is 16.3. The van der Waals surface area contributed by atoms with E-state index in [1.807, 2.05) is 13.8 Å². The summed E-state index contributed by atoms with van der Waals surface area (Å²) < 4.78 is 11.6. The number of hydrogen-bond donors (Lipinski definition) is 2. The van der Waals surface area contributed by atoms with Gasteiger partial charge in [0.2, 0.25) is 5.91 Å². The lowest BCUT2D eigenvalue weighted by Gasteiger charge is -2.36. The highest BCUT2D eigenvalue weighted by Gasteiger charge is 2.34. The number of piperazine rings is 1. The molecule has 8 nitrogen and oxygen atoms in total. The van der Waals surface area contributed by atoms with Crippen LogP contribution in [0.2, 0.25) is 0 Å². The van der Waals surface area contributed by atoms with E-state index >= 15 is 0 Å². The number of thiocarbonyl (C=S) groups is 1. The quantitative estimate of drug-likeness (QED) is 0.458. The highest BCUT2D eigenvalue weighted by molar-refractivity contribution is 9.10. The lowest BCUT2D eigenvalue weighted by atomic mass is 10.1. The molecule has 0 saturated carbocycles. The van der Waals surface area contributed by atoms with Gasteiger partial charge in [0, 0.05) is 17.6 Å². The van der Waals surface area contributed by atoms with Crippen molar-refractivity contribution in [2.45, 2.75) is 52.4 Å². The van der Waals surface area contributed by atoms with Gasteiger partial charge >= 0.3 is 5.97 Å². The summed E-state index contributed by atoms with van der Waals surface area (Å²) in [5.74, 6) is -0.899. The Kier molecular flexibility index (Phi) is 8.60. The fourth-order valence-electron chi connectivity index (χ4n) is 2.90. The second kappa shape index (κ2) is 10.7. The third kappa shape index (κ3) is 6.66. The number of benzene rings is 1. The van der Waals surface area contributed by atoms with E-state index in [4.69, 9.17) is 21.7 Å². The zero-order chi connectivity index (χ0) is 22.4. The second-order valence-electron chi connectivity index (χ2n) is 7.31. The molecule has 0 bridgehead atoms. The fraction of sp³-hybridized carbons (Fsp3) is 0.500. The van der Waals surface area contributed by atoms with Crippen LogP contribution >= 0.6 is 28.1 Å². The smallest absolute Gasteiger partial charge is 0.308 e. The highest BCUT2D eigenvalue weighted by Crippen LogP contribution is 2.24. The molecule has 1 aromatic carbocycles. The van der Waals surface area contributed by atoms with Crippen LogP contribution in [0.15, 0.2) is 22.7 Å². The molecule has 1 aliphatic rings. The SMILES string of the molecule is CC(C)OC(=O)CC1C(=O)NCCN1C(=S)NC(=O)c1cc(Br)ccc1OC(C)C. The fourth-order valence-corrected chi connectivity index (χ4v) is 3.57. The van der Waals surface area contributed by atoms with Crippen LogP contribution < -0.4 is 15.4 Å². The molecule has 0 aromatic heterocycles. The third-order valence-electron chi connectivity index (χ3n) is 4.09. The molecular formula is C20H26BrN3O5S. The molecule has 0 radical (unpaired) electrons. The maximum absolute atomic E-state index is 12.9. The summed E-state index contributed by atoms with van der Waals surface area (Å²) >= 11 is 8.75. The molecule has 2 N–H and O–H groups in total.